The van der Waals surface area contributed by atoms with Crippen molar-refractivity contribution in [1.29, 1.82) is 0 Å². The van der Waals surface area contributed by atoms with Crippen LogP contribution in [0.4, 0.5) is 0 Å². The fourth-order valence-corrected chi connectivity index (χ4v) is 5.30. The molecule has 0 saturated carbocycles. The Bertz CT molecular complexity index is 1160. The van der Waals surface area contributed by atoms with Crippen LogP contribution in [0.2, 0.25) is 0 Å². The molecule has 1 aliphatic heterocycles. The molecule has 30 heavy (non-hydrogen) atoms. The van der Waals surface area contributed by atoms with E-state index >= 15 is 0 Å². The van der Waals surface area contributed by atoms with Crippen molar-refractivity contribution in [2.45, 2.75) is 32.0 Å². The van der Waals surface area contributed by atoms with E-state index in [0.29, 0.717) is 60.6 Å². The van der Waals surface area contributed by atoms with E-state index in [2.05, 4.69) is 10.00 Å². The molecule has 2 aromatic heterocycles. The van der Waals surface area contributed by atoms with Crippen molar-refractivity contribution in [2.24, 2.45) is 0 Å². The van der Waals surface area contributed by atoms with Crippen LogP contribution in [0.3, 0.4) is 0 Å². The fraction of sp³-hybridized carbons (Fsp3) is 0.400. The van der Waals surface area contributed by atoms with E-state index in [0.717, 1.165) is 5.56 Å². The van der Waals surface area contributed by atoms with E-state index in [-0.39, 0.29) is 0 Å². The van der Waals surface area contributed by atoms with E-state index in [4.69, 9.17) is 16.6 Å². The van der Waals surface area contributed by atoms with Gasteiger partial charge >= 0.3 is 0 Å². The molecule has 0 N–H and O–H groups in total. The molecule has 0 radical (unpaired) electrons. The first-order chi connectivity index (χ1) is 14.4. The molecule has 160 valence electrons. The van der Waals surface area contributed by atoms with Crippen molar-refractivity contribution in [3.8, 4) is 11.6 Å². The monoisotopic (exact) mass is 447 g/mol. The Morgan fingerprint density at radius 1 is 1.10 bits per heavy atom. The summed E-state index contributed by atoms with van der Waals surface area (Å²) in [7, 11) is -3.47. The van der Waals surface area contributed by atoms with E-state index in [1.54, 1.807) is 27.4 Å². The largest absolute Gasteiger partial charge is 0.461 e. The summed E-state index contributed by atoms with van der Waals surface area (Å²) in [4.78, 5) is 2.50. The highest BCUT2D eigenvalue weighted by Crippen LogP contribution is 2.21. The summed E-state index contributed by atoms with van der Waals surface area (Å²) < 4.78 is 37.2. The number of sulfonamides is 1. The van der Waals surface area contributed by atoms with Crippen LogP contribution in [0.15, 0.2) is 52.0 Å². The van der Waals surface area contributed by atoms with Gasteiger partial charge in [0.2, 0.25) is 10.0 Å². The highest BCUT2D eigenvalue weighted by atomic mass is 32.2. The molecule has 0 unspecified atom stereocenters. The molecule has 0 amide bonds. The summed E-state index contributed by atoms with van der Waals surface area (Å²) in [5.74, 6) is 1.38. The highest BCUT2D eigenvalue weighted by molar-refractivity contribution is 7.89. The number of aromatic nitrogens is 3. The summed E-state index contributed by atoms with van der Waals surface area (Å²) in [6.07, 6.45) is 1.62. The van der Waals surface area contributed by atoms with Crippen molar-refractivity contribution >= 4 is 22.2 Å². The predicted octanol–water partition coefficient (Wildman–Crippen LogP) is 2.97. The SMILES string of the molecule is CCn1c(-c2ccco2)nn(CN2CCN(S(=O)(=O)c3ccc(C)cc3)CC2)c1=S. The molecule has 1 saturated heterocycles. The van der Waals surface area contributed by atoms with Crippen LogP contribution < -0.4 is 0 Å². The fourth-order valence-electron chi connectivity index (χ4n) is 3.57. The standard InChI is InChI=1S/C20H25N5O3S2/c1-3-24-19(18-5-4-14-28-18)21-25(20(24)29)15-22-10-12-23(13-11-22)30(26,27)17-8-6-16(2)7-9-17/h4-9,14H,3,10-13,15H2,1-2H3. The van der Waals surface area contributed by atoms with Crippen LogP contribution in [-0.2, 0) is 23.2 Å². The first-order valence-electron chi connectivity index (χ1n) is 9.91. The minimum atomic E-state index is -3.47. The molecule has 0 bridgehead atoms. The number of aryl methyl sites for hydroxylation is 1. The summed E-state index contributed by atoms with van der Waals surface area (Å²) >= 11 is 5.60. The number of furan rings is 1. The zero-order valence-corrected chi connectivity index (χ0v) is 18.7. The zero-order valence-electron chi connectivity index (χ0n) is 17.1. The number of hydrogen-bond acceptors (Lipinski definition) is 6. The Morgan fingerprint density at radius 3 is 2.40 bits per heavy atom. The lowest BCUT2D eigenvalue weighted by atomic mass is 10.2. The topological polar surface area (TPSA) is 76.5 Å². The van der Waals surface area contributed by atoms with E-state index in [1.807, 2.05) is 42.7 Å². The van der Waals surface area contributed by atoms with Crippen LogP contribution in [0.1, 0.15) is 12.5 Å². The Balaban J connectivity index is 1.45. The molecular weight excluding hydrogens is 422 g/mol. The van der Waals surface area contributed by atoms with Crippen molar-refractivity contribution in [3.63, 3.8) is 0 Å². The van der Waals surface area contributed by atoms with Crippen LogP contribution >= 0.6 is 12.2 Å². The van der Waals surface area contributed by atoms with Crippen LogP contribution in [0.25, 0.3) is 11.6 Å². The summed E-state index contributed by atoms with van der Waals surface area (Å²) in [5, 5.41) is 4.65. The third kappa shape index (κ3) is 4.00. The molecule has 0 atom stereocenters. The second-order valence-electron chi connectivity index (χ2n) is 7.30. The minimum Gasteiger partial charge on any atom is -0.461 e. The highest BCUT2D eigenvalue weighted by Gasteiger charge is 2.29. The van der Waals surface area contributed by atoms with E-state index in [1.165, 1.54) is 0 Å². The summed E-state index contributed by atoms with van der Waals surface area (Å²) in [6.45, 7) is 7.26. The van der Waals surface area contributed by atoms with Crippen molar-refractivity contribution in [3.05, 3.63) is 53.0 Å². The van der Waals surface area contributed by atoms with Gasteiger partial charge in [0.25, 0.3) is 0 Å². The van der Waals surface area contributed by atoms with Crippen LogP contribution in [-0.4, -0.2) is 58.1 Å². The van der Waals surface area contributed by atoms with Crippen molar-refractivity contribution in [1.82, 2.24) is 23.6 Å². The maximum Gasteiger partial charge on any atom is 0.243 e. The van der Waals surface area contributed by atoms with E-state index in [9.17, 15) is 8.42 Å². The van der Waals surface area contributed by atoms with Gasteiger partial charge in [0.05, 0.1) is 17.8 Å². The summed E-state index contributed by atoms with van der Waals surface area (Å²) in [6, 6.07) is 10.7. The zero-order chi connectivity index (χ0) is 21.3. The second-order valence-corrected chi connectivity index (χ2v) is 9.61. The number of benzene rings is 1. The van der Waals surface area contributed by atoms with Gasteiger partial charge in [-0.2, -0.15) is 4.31 Å². The molecule has 8 nitrogen and oxygen atoms in total. The first kappa shape index (κ1) is 21.0. The maximum absolute atomic E-state index is 12.9. The minimum absolute atomic E-state index is 0.341. The lowest BCUT2D eigenvalue weighted by Crippen LogP contribution is -2.48. The normalized spacial score (nSPS) is 16.2. The lowest BCUT2D eigenvalue weighted by molar-refractivity contribution is 0.144. The predicted molar refractivity (Wildman–Crippen MR) is 116 cm³/mol. The van der Waals surface area contributed by atoms with Crippen molar-refractivity contribution in [2.75, 3.05) is 26.2 Å². The van der Waals surface area contributed by atoms with Crippen LogP contribution in [0, 0.1) is 11.7 Å². The smallest absolute Gasteiger partial charge is 0.243 e. The molecule has 1 aromatic carbocycles. The number of nitrogens with zero attached hydrogens (tertiary/aromatic N) is 5. The Labute approximate surface area is 181 Å². The summed E-state index contributed by atoms with van der Waals surface area (Å²) in [5.41, 5.74) is 1.04. The molecule has 3 heterocycles. The molecule has 0 spiro atoms. The first-order valence-corrected chi connectivity index (χ1v) is 11.8. The molecule has 10 heteroatoms. The molecule has 0 aliphatic carbocycles. The second kappa shape index (κ2) is 8.46. The van der Waals surface area contributed by atoms with Crippen LogP contribution in [0.5, 0.6) is 0 Å². The molecule has 3 aromatic rings. The Kier molecular flexibility index (Phi) is 5.92. The molecule has 1 fully saturated rings. The van der Waals surface area contributed by atoms with E-state index < -0.39 is 10.0 Å². The Hall–Kier alpha value is -2.27. The average molecular weight is 448 g/mol. The maximum atomic E-state index is 12.9. The van der Waals surface area contributed by atoms with Gasteiger partial charge in [-0.05, 0) is 50.3 Å². The van der Waals surface area contributed by atoms with Gasteiger partial charge in [0, 0.05) is 32.7 Å². The molecule has 4 rings (SSSR count). The van der Waals surface area contributed by atoms with Crippen molar-refractivity contribution < 1.29 is 12.8 Å². The van der Waals surface area contributed by atoms with Gasteiger partial charge in [-0.25, -0.2) is 13.1 Å². The third-order valence-corrected chi connectivity index (χ3v) is 7.65. The van der Waals surface area contributed by atoms with Gasteiger partial charge in [-0.1, -0.05) is 17.7 Å². The average Bonchev–Trinajstić information content (AvgIpc) is 3.37. The van der Waals surface area contributed by atoms with Gasteiger partial charge in [-0.3, -0.25) is 9.47 Å². The van der Waals surface area contributed by atoms with Gasteiger partial charge in [0.1, 0.15) is 0 Å². The number of piperazine rings is 1. The van der Waals surface area contributed by atoms with Gasteiger partial charge in [-0.15, -0.1) is 5.10 Å². The number of hydrogen-bond donors (Lipinski definition) is 0. The third-order valence-electron chi connectivity index (χ3n) is 5.30. The van der Waals surface area contributed by atoms with Gasteiger partial charge in [0.15, 0.2) is 16.4 Å². The quantitative estimate of drug-likeness (QED) is 0.541. The molecule has 1 aliphatic rings. The van der Waals surface area contributed by atoms with Gasteiger partial charge < -0.3 is 4.42 Å². The Morgan fingerprint density at radius 2 is 1.80 bits per heavy atom. The number of rotatable bonds is 6. The molecular formula is C20H25N5O3S2. The lowest BCUT2D eigenvalue weighted by Gasteiger charge is -2.33.